The van der Waals surface area contributed by atoms with E-state index in [4.69, 9.17) is 9.15 Å². The second kappa shape index (κ2) is 7.42. The van der Waals surface area contributed by atoms with Gasteiger partial charge in [0.05, 0.1) is 26.0 Å². The number of aromatic nitrogens is 1. The highest BCUT2D eigenvalue weighted by Crippen LogP contribution is 2.23. The van der Waals surface area contributed by atoms with Crippen molar-refractivity contribution < 1.29 is 14.3 Å². The number of benzene rings is 1. The van der Waals surface area contributed by atoms with Crippen molar-refractivity contribution in [2.45, 2.75) is 39.5 Å². The monoisotopic (exact) mass is 304 g/mol. The first-order valence-electron chi connectivity index (χ1n) is 7.51. The lowest BCUT2D eigenvalue weighted by molar-refractivity contribution is 0.0964. The molecule has 2 aromatic rings. The van der Waals surface area contributed by atoms with Crippen molar-refractivity contribution in [1.29, 1.82) is 0 Å². The molecule has 1 aromatic heterocycles. The van der Waals surface area contributed by atoms with Gasteiger partial charge in [-0.2, -0.15) is 0 Å². The first-order chi connectivity index (χ1) is 10.5. The predicted octanol–water partition coefficient (Wildman–Crippen LogP) is 2.94. The number of aliphatic hydroxyl groups excluding tert-OH is 1. The van der Waals surface area contributed by atoms with E-state index in [1.807, 2.05) is 24.3 Å². The Labute approximate surface area is 131 Å². The van der Waals surface area contributed by atoms with Gasteiger partial charge >= 0.3 is 0 Å². The average molecular weight is 304 g/mol. The topological polar surface area (TPSA) is 58.7 Å². The van der Waals surface area contributed by atoms with Gasteiger partial charge in [0.2, 0.25) is 5.89 Å². The van der Waals surface area contributed by atoms with Gasteiger partial charge in [0.25, 0.3) is 0 Å². The van der Waals surface area contributed by atoms with Crippen LogP contribution in [0.5, 0.6) is 5.75 Å². The molecule has 1 unspecified atom stereocenters. The number of aliphatic hydroxyl groups is 1. The van der Waals surface area contributed by atoms with E-state index < -0.39 is 0 Å². The summed E-state index contributed by atoms with van der Waals surface area (Å²) < 4.78 is 11.0. The number of ether oxygens (including phenoxy) is 1. The van der Waals surface area contributed by atoms with Crippen molar-refractivity contribution >= 4 is 0 Å². The van der Waals surface area contributed by atoms with Crippen LogP contribution < -0.4 is 4.74 Å². The summed E-state index contributed by atoms with van der Waals surface area (Å²) in [7, 11) is 1.64. The summed E-state index contributed by atoms with van der Waals surface area (Å²) in [5.41, 5.74) is 0.964. The smallest absolute Gasteiger partial charge is 0.209 e. The van der Waals surface area contributed by atoms with Gasteiger partial charge in [-0.15, -0.1) is 0 Å². The van der Waals surface area contributed by atoms with E-state index in [1.54, 1.807) is 20.2 Å². The third kappa shape index (κ3) is 4.32. The molecule has 5 heteroatoms. The van der Waals surface area contributed by atoms with Crippen LogP contribution in [0.25, 0.3) is 11.3 Å². The van der Waals surface area contributed by atoms with Crippen LogP contribution in [-0.4, -0.2) is 40.8 Å². The molecule has 5 nitrogen and oxygen atoms in total. The lowest BCUT2D eigenvalue weighted by Gasteiger charge is -2.26. The maximum atomic E-state index is 9.58. The molecule has 22 heavy (non-hydrogen) atoms. The zero-order valence-electron chi connectivity index (χ0n) is 13.6. The summed E-state index contributed by atoms with van der Waals surface area (Å²) in [6, 6.07) is 7.99. The Morgan fingerprint density at radius 1 is 1.23 bits per heavy atom. The number of hydrogen-bond donors (Lipinski definition) is 1. The van der Waals surface area contributed by atoms with E-state index in [2.05, 4.69) is 23.7 Å². The summed E-state index contributed by atoms with van der Waals surface area (Å²) in [6.45, 7) is 7.15. The van der Waals surface area contributed by atoms with Crippen LogP contribution in [0.3, 0.4) is 0 Å². The fourth-order valence-corrected chi connectivity index (χ4v) is 2.24. The van der Waals surface area contributed by atoms with Crippen molar-refractivity contribution in [2.24, 2.45) is 0 Å². The maximum absolute atomic E-state index is 9.58. The molecule has 1 aromatic carbocycles. The van der Waals surface area contributed by atoms with E-state index in [0.717, 1.165) is 17.1 Å². The molecule has 1 atom stereocenters. The Bertz CT molecular complexity index is 576. The van der Waals surface area contributed by atoms with E-state index in [1.165, 1.54) is 0 Å². The zero-order valence-corrected chi connectivity index (χ0v) is 13.6. The molecule has 1 heterocycles. The Hall–Kier alpha value is -1.85. The van der Waals surface area contributed by atoms with Crippen LogP contribution in [0, 0.1) is 0 Å². The minimum absolute atomic E-state index is 0.311. The number of rotatable bonds is 7. The van der Waals surface area contributed by atoms with Gasteiger partial charge in [-0.1, -0.05) is 0 Å². The molecule has 0 amide bonds. The number of oxazole rings is 1. The highest BCUT2D eigenvalue weighted by Gasteiger charge is 2.16. The third-order valence-electron chi connectivity index (χ3n) is 3.50. The van der Waals surface area contributed by atoms with Crippen molar-refractivity contribution in [3.63, 3.8) is 0 Å². The Morgan fingerprint density at radius 2 is 1.91 bits per heavy atom. The van der Waals surface area contributed by atoms with Gasteiger partial charge in [-0.3, -0.25) is 4.90 Å². The lowest BCUT2D eigenvalue weighted by atomic mass is 10.2. The number of nitrogens with zero attached hydrogens (tertiary/aromatic N) is 2. The molecular formula is C17H24N2O3. The largest absolute Gasteiger partial charge is 0.497 e. The van der Waals surface area contributed by atoms with Crippen LogP contribution in [0.4, 0.5) is 0 Å². The molecule has 0 bridgehead atoms. The minimum Gasteiger partial charge on any atom is -0.497 e. The van der Waals surface area contributed by atoms with Crippen LogP contribution in [0.15, 0.2) is 34.9 Å². The Balaban J connectivity index is 2.09. The molecule has 0 saturated heterocycles. The van der Waals surface area contributed by atoms with E-state index in [0.29, 0.717) is 25.0 Å². The molecule has 1 N–H and O–H groups in total. The van der Waals surface area contributed by atoms with Crippen molar-refractivity contribution in [3.8, 4) is 17.1 Å². The normalized spacial score (nSPS) is 12.9. The Kier molecular flexibility index (Phi) is 5.57. The summed E-state index contributed by atoms with van der Waals surface area (Å²) in [4.78, 5) is 6.48. The molecule has 0 aliphatic rings. The van der Waals surface area contributed by atoms with Crippen molar-refractivity contribution in [2.75, 3.05) is 13.7 Å². The van der Waals surface area contributed by atoms with E-state index >= 15 is 0 Å². The molecule has 120 valence electrons. The Morgan fingerprint density at radius 3 is 2.45 bits per heavy atom. The fraction of sp³-hybridized carbons (Fsp3) is 0.471. The van der Waals surface area contributed by atoms with Crippen LogP contribution in [-0.2, 0) is 6.54 Å². The van der Waals surface area contributed by atoms with Gasteiger partial charge in [-0.05, 0) is 45.0 Å². The van der Waals surface area contributed by atoms with Gasteiger partial charge in [0.1, 0.15) is 5.75 Å². The van der Waals surface area contributed by atoms with Crippen LogP contribution in [0.1, 0.15) is 26.7 Å². The van der Waals surface area contributed by atoms with Gasteiger partial charge in [0, 0.05) is 18.2 Å². The molecule has 0 saturated carbocycles. The van der Waals surface area contributed by atoms with Gasteiger partial charge < -0.3 is 14.3 Å². The van der Waals surface area contributed by atoms with Crippen LogP contribution >= 0.6 is 0 Å². The first-order valence-corrected chi connectivity index (χ1v) is 7.51. The highest BCUT2D eigenvalue weighted by atomic mass is 16.5. The summed E-state index contributed by atoms with van der Waals surface area (Å²) in [6.07, 6.45) is 1.36. The molecule has 0 aliphatic heterocycles. The number of methoxy groups -OCH3 is 1. The minimum atomic E-state index is -0.376. The molecule has 0 aliphatic carbocycles. The quantitative estimate of drug-likeness (QED) is 0.852. The summed E-state index contributed by atoms with van der Waals surface area (Å²) in [5, 5.41) is 9.58. The fourth-order valence-electron chi connectivity index (χ4n) is 2.24. The maximum Gasteiger partial charge on any atom is 0.209 e. The zero-order chi connectivity index (χ0) is 16.1. The second-order valence-electron chi connectivity index (χ2n) is 5.72. The lowest BCUT2D eigenvalue weighted by Crippen LogP contribution is -2.36. The van der Waals surface area contributed by atoms with Crippen molar-refractivity contribution in [1.82, 2.24) is 9.88 Å². The SMILES string of the molecule is COc1ccc(-c2cnc(CN(CC(C)O)C(C)C)o2)cc1. The average Bonchev–Trinajstić information content (AvgIpc) is 2.94. The second-order valence-corrected chi connectivity index (χ2v) is 5.72. The molecule has 0 fully saturated rings. The predicted molar refractivity (Wildman–Crippen MR) is 85.7 cm³/mol. The molecule has 0 spiro atoms. The standard InChI is InChI=1S/C17H24N2O3/c1-12(2)19(10-13(3)20)11-17-18-9-16(22-17)14-5-7-15(21-4)8-6-14/h5-9,12-13,20H,10-11H2,1-4H3. The molecule has 2 rings (SSSR count). The summed E-state index contributed by atoms with van der Waals surface area (Å²) in [5.74, 6) is 2.20. The molecular weight excluding hydrogens is 280 g/mol. The highest BCUT2D eigenvalue weighted by molar-refractivity contribution is 5.57. The van der Waals surface area contributed by atoms with E-state index in [9.17, 15) is 5.11 Å². The van der Waals surface area contributed by atoms with Gasteiger partial charge in [0.15, 0.2) is 5.76 Å². The van der Waals surface area contributed by atoms with Gasteiger partial charge in [-0.25, -0.2) is 4.98 Å². The van der Waals surface area contributed by atoms with Crippen LogP contribution in [0.2, 0.25) is 0 Å². The third-order valence-corrected chi connectivity index (χ3v) is 3.50. The molecule has 0 radical (unpaired) electrons. The van der Waals surface area contributed by atoms with Crippen molar-refractivity contribution in [3.05, 3.63) is 36.4 Å². The van der Waals surface area contributed by atoms with E-state index in [-0.39, 0.29) is 6.10 Å². The summed E-state index contributed by atoms with van der Waals surface area (Å²) >= 11 is 0. The first kappa shape index (κ1) is 16.5. The number of hydrogen-bond acceptors (Lipinski definition) is 5.